The number of anilines is 1. The number of ether oxygens (including phenoxy) is 2. The van der Waals surface area contributed by atoms with Crippen LogP contribution in [0.15, 0.2) is 54.7 Å². The average molecular weight is 406 g/mol. The van der Waals surface area contributed by atoms with Gasteiger partial charge in [0, 0.05) is 31.5 Å². The lowest BCUT2D eigenvalue weighted by Crippen LogP contribution is -2.33. The van der Waals surface area contributed by atoms with Gasteiger partial charge in [-0.15, -0.1) is 0 Å². The van der Waals surface area contributed by atoms with Crippen LogP contribution in [0.25, 0.3) is 6.08 Å². The van der Waals surface area contributed by atoms with Crippen LogP contribution >= 0.6 is 0 Å². The molecular formula is C24H26N2O4. The van der Waals surface area contributed by atoms with E-state index in [4.69, 9.17) is 9.47 Å². The largest absolute Gasteiger partial charge is 0.491 e. The molecule has 30 heavy (non-hydrogen) atoms. The fraction of sp³-hybridized carbons (Fsp3) is 0.333. The van der Waals surface area contributed by atoms with Gasteiger partial charge in [0.25, 0.3) is 0 Å². The number of hydrogen-bond donors (Lipinski definition) is 1. The molecule has 1 saturated heterocycles. The second-order valence-corrected chi connectivity index (χ2v) is 7.61. The Morgan fingerprint density at radius 1 is 1.20 bits per heavy atom. The lowest BCUT2D eigenvalue weighted by molar-refractivity contribution is -0.129. The van der Waals surface area contributed by atoms with Crippen molar-refractivity contribution in [1.29, 1.82) is 0 Å². The van der Waals surface area contributed by atoms with Gasteiger partial charge >= 0.3 is 0 Å². The fourth-order valence-electron chi connectivity index (χ4n) is 3.93. The van der Waals surface area contributed by atoms with E-state index in [9.17, 15) is 9.59 Å². The third-order valence-electron chi connectivity index (χ3n) is 5.43. The molecule has 6 nitrogen and oxygen atoms in total. The van der Waals surface area contributed by atoms with E-state index in [2.05, 4.69) is 5.32 Å². The van der Waals surface area contributed by atoms with Crippen molar-refractivity contribution < 1.29 is 19.1 Å². The first-order valence-electron chi connectivity index (χ1n) is 10.3. The highest BCUT2D eigenvalue weighted by molar-refractivity contribution is 5.92. The molecule has 2 aliphatic heterocycles. The van der Waals surface area contributed by atoms with Crippen molar-refractivity contribution >= 4 is 23.6 Å². The summed E-state index contributed by atoms with van der Waals surface area (Å²) in [5, 5.41) is 2.94. The van der Waals surface area contributed by atoms with Gasteiger partial charge in [0.15, 0.2) is 0 Å². The molecule has 0 spiro atoms. The fourth-order valence-corrected chi connectivity index (χ4v) is 3.93. The number of carbonyl (C=O) groups excluding carboxylic acids is 2. The summed E-state index contributed by atoms with van der Waals surface area (Å²) in [5.41, 5.74) is 2.66. The number of hydrogen-bond acceptors (Lipinski definition) is 4. The minimum atomic E-state index is -0.331. The predicted octanol–water partition coefficient (Wildman–Crippen LogP) is 4.15. The van der Waals surface area contributed by atoms with Crippen LogP contribution in [0, 0.1) is 0 Å². The Hall–Kier alpha value is -3.12. The van der Waals surface area contributed by atoms with E-state index >= 15 is 0 Å². The molecule has 0 radical (unpaired) electrons. The molecule has 156 valence electrons. The van der Waals surface area contributed by atoms with Crippen molar-refractivity contribution in [2.75, 3.05) is 18.5 Å². The Labute approximate surface area is 176 Å². The SMILES string of the molecule is CC(=O)N1C=Cc2ccccc2[C@H]1CC(=O)Nc1cccc(OC[C@@H]2CCCO2)c1. The summed E-state index contributed by atoms with van der Waals surface area (Å²) in [6, 6.07) is 14.9. The van der Waals surface area contributed by atoms with E-state index in [1.807, 2.05) is 54.6 Å². The Bertz CT molecular complexity index is 950. The van der Waals surface area contributed by atoms with Gasteiger partial charge in [-0.3, -0.25) is 9.59 Å². The molecular weight excluding hydrogens is 380 g/mol. The summed E-state index contributed by atoms with van der Waals surface area (Å²) in [4.78, 5) is 26.5. The minimum absolute atomic E-state index is 0.0944. The van der Waals surface area contributed by atoms with Crippen molar-refractivity contribution in [3.63, 3.8) is 0 Å². The van der Waals surface area contributed by atoms with Crippen molar-refractivity contribution in [2.45, 2.75) is 38.3 Å². The maximum absolute atomic E-state index is 12.8. The van der Waals surface area contributed by atoms with E-state index in [0.29, 0.717) is 18.0 Å². The minimum Gasteiger partial charge on any atom is -0.491 e. The second kappa shape index (κ2) is 9.13. The smallest absolute Gasteiger partial charge is 0.226 e. The highest BCUT2D eigenvalue weighted by atomic mass is 16.5. The first kappa shape index (κ1) is 20.2. The first-order chi connectivity index (χ1) is 14.6. The van der Waals surface area contributed by atoms with Gasteiger partial charge in [-0.05, 0) is 42.2 Å². The Kier molecular flexibility index (Phi) is 6.14. The summed E-state index contributed by atoms with van der Waals surface area (Å²) < 4.78 is 11.4. The molecule has 2 amide bonds. The monoisotopic (exact) mass is 406 g/mol. The molecule has 0 bridgehead atoms. The van der Waals surface area contributed by atoms with Gasteiger partial charge in [-0.25, -0.2) is 0 Å². The molecule has 0 aliphatic carbocycles. The maximum Gasteiger partial charge on any atom is 0.226 e. The third kappa shape index (κ3) is 4.71. The lowest BCUT2D eigenvalue weighted by Gasteiger charge is -2.32. The molecule has 0 aromatic heterocycles. The van der Waals surface area contributed by atoms with E-state index < -0.39 is 0 Å². The van der Waals surface area contributed by atoms with Gasteiger partial charge < -0.3 is 19.7 Å². The molecule has 0 saturated carbocycles. The normalized spacial score (nSPS) is 20.0. The number of carbonyl (C=O) groups is 2. The molecule has 2 aromatic carbocycles. The zero-order valence-electron chi connectivity index (χ0n) is 17.0. The van der Waals surface area contributed by atoms with Gasteiger partial charge in [-0.2, -0.15) is 0 Å². The molecule has 6 heteroatoms. The van der Waals surface area contributed by atoms with E-state index in [1.54, 1.807) is 11.1 Å². The second-order valence-electron chi connectivity index (χ2n) is 7.61. The van der Waals surface area contributed by atoms with Crippen molar-refractivity contribution in [3.05, 3.63) is 65.9 Å². The summed E-state index contributed by atoms with van der Waals surface area (Å²) >= 11 is 0. The van der Waals surface area contributed by atoms with E-state index in [1.165, 1.54) is 6.92 Å². The standard InChI is InChI=1S/C24H26N2O4/c1-17(27)26-12-11-18-6-2-3-10-22(18)23(26)15-24(28)25-19-7-4-8-20(14-19)30-16-21-9-5-13-29-21/h2-4,6-8,10-12,14,21,23H,5,9,13,15-16H2,1H3,(H,25,28)/t21-,23+/m0/s1. The van der Waals surface area contributed by atoms with Gasteiger partial charge in [-0.1, -0.05) is 30.3 Å². The zero-order chi connectivity index (χ0) is 20.9. The zero-order valence-corrected chi connectivity index (χ0v) is 17.0. The predicted molar refractivity (Wildman–Crippen MR) is 115 cm³/mol. The molecule has 1 fully saturated rings. The molecule has 2 aliphatic rings. The van der Waals surface area contributed by atoms with E-state index in [-0.39, 0.29) is 30.4 Å². The van der Waals surface area contributed by atoms with Crippen LogP contribution in [0.1, 0.15) is 43.4 Å². The van der Waals surface area contributed by atoms with Crippen LogP contribution < -0.4 is 10.1 Å². The molecule has 4 rings (SSSR count). The maximum atomic E-state index is 12.8. The van der Waals surface area contributed by atoms with Crippen LogP contribution in [-0.4, -0.2) is 36.0 Å². The highest BCUT2D eigenvalue weighted by Gasteiger charge is 2.28. The average Bonchev–Trinajstić information content (AvgIpc) is 3.26. The molecule has 2 atom stereocenters. The first-order valence-corrected chi connectivity index (χ1v) is 10.3. The molecule has 1 N–H and O–H groups in total. The summed E-state index contributed by atoms with van der Waals surface area (Å²) in [6.07, 6.45) is 6.05. The number of benzene rings is 2. The lowest BCUT2D eigenvalue weighted by atomic mass is 9.93. The topological polar surface area (TPSA) is 67.9 Å². The van der Waals surface area contributed by atoms with Gasteiger partial charge in [0.1, 0.15) is 12.4 Å². The molecule has 2 heterocycles. The quantitative estimate of drug-likeness (QED) is 0.783. The highest BCUT2D eigenvalue weighted by Crippen LogP contribution is 2.33. The Morgan fingerprint density at radius 2 is 2.07 bits per heavy atom. The van der Waals surface area contributed by atoms with Gasteiger partial charge in [0.2, 0.25) is 11.8 Å². The molecule has 0 unspecified atom stereocenters. The number of nitrogens with zero attached hydrogens (tertiary/aromatic N) is 1. The third-order valence-corrected chi connectivity index (χ3v) is 5.43. The summed E-state index contributed by atoms with van der Waals surface area (Å²) in [5.74, 6) is 0.440. The summed E-state index contributed by atoms with van der Waals surface area (Å²) in [6.45, 7) is 2.81. The number of rotatable bonds is 6. The van der Waals surface area contributed by atoms with Gasteiger partial charge in [0.05, 0.1) is 18.6 Å². The van der Waals surface area contributed by atoms with Crippen LogP contribution in [0.2, 0.25) is 0 Å². The number of nitrogens with one attached hydrogen (secondary N) is 1. The Morgan fingerprint density at radius 3 is 2.87 bits per heavy atom. The molecule has 2 aromatic rings. The van der Waals surface area contributed by atoms with Crippen molar-refractivity contribution in [1.82, 2.24) is 4.90 Å². The van der Waals surface area contributed by atoms with Crippen LogP contribution in [0.4, 0.5) is 5.69 Å². The Balaban J connectivity index is 1.41. The number of amides is 2. The van der Waals surface area contributed by atoms with Crippen molar-refractivity contribution in [3.8, 4) is 5.75 Å². The summed E-state index contributed by atoms with van der Waals surface area (Å²) in [7, 11) is 0. The number of fused-ring (bicyclic) bond motifs is 1. The van der Waals surface area contributed by atoms with Crippen LogP contribution in [-0.2, 0) is 14.3 Å². The van der Waals surface area contributed by atoms with Crippen LogP contribution in [0.3, 0.4) is 0 Å². The van der Waals surface area contributed by atoms with E-state index in [0.717, 1.165) is 30.6 Å². The van der Waals surface area contributed by atoms with Crippen molar-refractivity contribution in [2.24, 2.45) is 0 Å². The van der Waals surface area contributed by atoms with Crippen LogP contribution in [0.5, 0.6) is 5.75 Å².